The van der Waals surface area contributed by atoms with Crippen molar-refractivity contribution in [1.82, 2.24) is 15.5 Å². The molecule has 29 heavy (non-hydrogen) atoms. The molecule has 1 heterocycles. The van der Waals surface area contributed by atoms with Crippen LogP contribution in [-0.2, 0) is 17.9 Å². The number of urea groups is 1. The minimum Gasteiger partial charge on any atom is -0.367 e. The summed E-state index contributed by atoms with van der Waals surface area (Å²) in [6, 6.07) is 6.94. The average molecular weight is 415 g/mol. The van der Waals surface area contributed by atoms with E-state index in [0.717, 1.165) is 18.4 Å². The van der Waals surface area contributed by atoms with Gasteiger partial charge < -0.3 is 26.0 Å². The molecule has 10 heteroatoms. The molecule has 1 aromatic rings. The van der Waals surface area contributed by atoms with Gasteiger partial charge in [0.2, 0.25) is 0 Å². The van der Waals surface area contributed by atoms with Gasteiger partial charge in [0.15, 0.2) is 5.96 Å². The third-order valence-corrected chi connectivity index (χ3v) is 4.44. The first kappa shape index (κ1) is 22.8. The zero-order valence-corrected chi connectivity index (χ0v) is 16.5. The highest BCUT2D eigenvalue weighted by Crippen LogP contribution is 2.16. The number of likely N-dealkylation sites (tertiary alicyclic amines) is 1. The molecule has 0 atom stereocenters. The second-order valence-electron chi connectivity index (χ2n) is 6.87. The number of halogens is 3. The molecule has 4 N–H and O–H groups in total. The number of hydrogen-bond acceptors (Lipinski definition) is 3. The van der Waals surface area contributed by atoms with Crippen LogP contribution >= 0.6 is 0 Å². The number of nitrogens with two attached hydrogens (primary N) is 1. The first-order valence-electron chi connectivity index (χ1n) is 9.58. The number of benzene rings is 1. The van der Waals surface area contributed by atoms with Crippen molar-refractivity contribution in [2.45, 2.75) is 45.1 Å². The van der Waals surface area contributed by atoms with E-state index in [-0.39, 0.29) is 12.6 Å². The van der Waals surface area contributed by atoms with Crippen LogP contribution in [0.3, 0.4) is 0 Å². The fourth-order valence-electron chi connectivity index (χ4n) is 3.03. The molecule has 0 unspecified atom stereocenters. The van der Waals surface area contributed by atoms with E-state index in [9.17, 15) is 18.0 Å². The van der Waals surface area contributed by atoms with E-state index in [2.05, 4.69) is 15.6 Å². The predicted octanol–water partition coefficient (Wildman–Crippen LogP) is 2.36. The number of alkyl halides is 3. The first-order valence-corrected chi connectivity index (χ1v) is 9.58. The normalized spacial score (nSPS) is 16.0. The highest BCUT2D eigenvalue weighted by atomic mass is 19.4. The highest BCUT2D eigenvalue weighted by molar-refractivity contribution is 5.80. The van der Waals surface area contributed by atoms with Crippen molar-refractivity contribution in [2.24, 2.45) is 10.7 Å². The van der Waals surface area contributed by atoms with Crippen molar-refractivity contribution >= 4 is 12.0 Å². The van der Waals surface area contributed by atoms with Gasteiger partial charge in [-0.05, 0) is 30.9 Å². The molecule has 1 aliphatic rings. The smallest absolute Gasteiger partial charge is 0.367 e. The second-order valence-corrected chi connectivity index (χ2v) is 6.87. The lowest BCUT2D eigenvalue weighted by atomic mass is 10.1. The predicted molar refractivity (Wildman–Crippen MR) is 104 cm³/mol. The molecule has 0 radical (unpaired) electrons. The number of primary amides is 1. The van der Waals surface area contributed by atoms with Gasteiger partial charge in [-0.2, -0.15) is 13.2 Å². The van der Waals surface area contributed by atoms with Gasteiger partial charge >= 0.3 is 12.2 Å². The van der Waals surface area contributed by atoms with Gasteiger partial charge in [0.25, 0.3) is 0 Å². The summed E-state index contributed by atoms with van der Waals surface area (Å²) >= 11 is 0. The number of ether oxygens (including phenoxy) is 1. The topological polar surface area (TPSA) is 92.0 Å². The Hall–Kier alpha value is -2.49. The summed E-state index contributed by atoms with van der Waals surface area (Å²) in [6.45, 7) is 2.87. The number of piperidine rings is 1. The van der Waals surface area contributed by atoms with Crippen molar-refractivity contribution in [1.29, 1.82) is 0 Å². The number of carbonyl (C=O) groups is 1. The molecule has 0 spiro atoms. The molecule has 162 valence electrons. The highest BCUT2D eigenvalue weighted by Gasteiger charge is 2.27. The van der Waals surface area contributed by atoms with Crippen LogP contribution in [0.4, 0.5) is 18.0 Å². The van der Waals surface area contributed by atoms with Crippen LogP contribution in [-0.4, -0.2) is 55.3 Å². The van der Waals surface area contributed by atoms with Crippen LogP contribution in [0.5, 0.6) is 0 Å². The molecular weight excluding hydrogens is 387 g/mol. The van der Waals surface area contributed by atoms with Gasteiger partial charge in [-0.15, -0.1) is 0 Å². The van der Waals surface area contributed by atoms with E-state index < -0.39 is 18.8 Å². The molecule has 2 rings (SSSR count). The minimum absolute atomic E-state index is 0.103. The number of rotatable bonds is 7. The molecule has 0 aromatic heterocycles. The maximum absolute atomic E-state index is 12.2. The molecule has 1 saturated heterocycles. The Bertz CT molecular complexity index is 689. The number of amides is 2. The van der Waals surface area contributed by atoms with Crippen LogP contribution in [0.15, 0.2) is 29.3 Å². The SMILES string of the molecule is CCNC(=NCc1cccc(COCC(F)(F)F)c1)NC1CCN(C(N)=O)CC1. The fourth-order valence-corrected chi connectivity index (χ4v) is 3.03. The van der Waals surface area contributed by atoms with Gasteiger partial charge in [-0.1, -0.05) is 24.3 Å². The van der Waals surface area contributed by atoms with Gasteiger partial charge in [-0.25, -0.2) is 9.79 Å². The zero-order valence-electron chi connectivity index (χ0n) is 16.5. The number of aliphatic imine (C=N–C) groups is 1. The van der Waals surface area contributed by atoms with Crippen LogP contribution < -0.4 is 16.4 Å². The van der Waals surface area contributed by atoms with Crippen molar-refractivity contribution in [3.8, 4) is 0 Å². The molecule has 0 aliphatic carbocycles. The zero-order chi connectivity index (χ0) is 21.3. The Balaban J connectivity index is 1.89. The number of guanidine groups is 1. The van der Waals surface area contributed by atoms with Crippen LogP contribution in [0, 0.1) is 0 Å². The summed E-state index contributed by atoms with van der Waals surface area (Å²) < 4.78 is 41.3. The Morgan fingerprint density at radius 1 is 1.31 bits per heavy atom. The molecule has 7 nitrogen and oxygen atoms in total. The average Bonchev–Trinajstić information content (AvgIpc) is 2.66. The summed E-state index contributed by atoms with van der Waals surface area (Å²) in [4.78, 5) is 17.4. The van der Waals surface area contributed by atoms with Gasteiger partial charge in [0.05, 0.1) is 13.2 Å². The summed E-state index contributed by atoms with van der Waals surface area (Å²) in [5.41, 5.74) is 6.84. The van der Waals surface area contributed by atoms with Crippen molar-refractivity contribution in [3.63, 3.8) is 0 Å². The summed E-state index contributed by atoms with van der Waals surface area (Å²) in [7, 11) is 0. The summed E-state index contributed by atoms with van der Waals surface area (Å²) in [5.74, 6) is 0.656. The third-order valence-electron chi connectivity index (χ3n) is 4.44. The number of nitrogens with one attached hydrogen (secondary N) is 2. The fraction of sp³-hybridized carbons (Fsp3) is 0.579. The Kier molecular flexibility index (Phi) is 8.56. The number of hydrogen-bond donors (Lipinski definition) is 3. The molecular formula is C19H28F3N5O2. The van der Waals surface area contributed by atoms with Gasteiger partial charge in [0.1, 0.15) is 6.61 Å². The third kappa shape index (κ3) is 8.59. The molecule has 1 aromatic carbocycles. The molecule has 2 amide bonds. The number of nitrogens with zero attached hydrogens (tertiary/aromatic N) is 2. The Labute approximate surface area is 168 Å². The Morgan fingerprint density at radius 3 is 2.62 bits per heavy atom. The van der Waals surface area contributed by atoms with E-state index in [1.165, 1.54) is 0 Å². The summed E-state index contributed by atoms with van der Waals surface area (Å²) in [5, 5.41) is 6.55. The van der Waals surface area contributed by atoms with Crippen LogP contribution in [0.2, 0.25) is 0 Å². The molecule has 0 saturated carbocycles. The van der Waals surface area contributed by atoms with E-state index in [0.29, 0.717) is 37.7 Å². The van der Waals surface area contributed by atoms with E-state index >= 15 is 0 Å². The quantitative estimate of drug-likeness (QED) is 0.471. The monoisotopic (exact) mass is 415 g/mol. The minimum atomic E-state index is -4.33. The lowest BCUT2D eigenvalue weighted by Crippen LogP contribution is -2.50. The second kappa shape index (κ2) is 10.9. The first-order chi connectivity index (χ1) is 13.8. The van der Waals surface area contributed by atoms with Crippen molar-refractivity contribution in [2.75, 3.05) is 26.2 Å². The van der Waals surface area contributed by atoms with Gasteiger partial charge in [-0.3, -0.25) is 0 Å². The van der Waals surface area contributed by atoms with E-state index in [4.69, 9.17) is 10.5 Å². The lowest BCUT2D eigenvalue weighted by molar-refractivity contribution is -0.176. The van der Waals surface area contributed by atoms with Gasteiger partial charge in [0, 0.05) is 25.7 Å². The summed E-state index contributed by atoms with van der Waals surface area (Å²) in [6.07, 6.45) is -2.78. The maximum atomic E-state index is 12.2. The van der Waals surface area contributed by atoms with Crippen LogP contribution in [0.25, 0.3) is 0 Å². The number of carbonyl (C=O) groups excluding carboxylic acids is 1. The molecule has 0 bridgehead atoms. The van der Waals surface area contributed by atoms with Crippen LogP contribution in [0.1, 0.15) is 30.9 Å². The lowest BCUT2D eigenvalue weighted by Gasteiger charge is -2.32. The molecule has 1 aliphatic heterocycles. The van der Waals surface area contributed by atoms with E-state index in [1.54, 1.807) is 23.1 Å². The standard InChI is InChI=1S/C19H28F3N5O2/c1-2-24-18(26-16-6-8-27(9-7-16)17(23)28)25-11-14-4-3-5-15(10-14)12-29-13-19(20,21)22/h3-5,10,16H,2,6-9,11-13H2,1H3,(H2,23,28)(H2,24,25,26). The van der Waals surface area contributed by atoms with E-state index in [1.807, 2.05) is 13.0 Å². The maximum Gasteiger partial charge on any atom is 0.411 e. The Morgan fingerprint density at radius 2 is 2.00 bits per heavy atom. The molecule has 1 fully saturated rings. The van der Waals surface area contributed by atoms with Crippen molar-refractivity contribution < 1.29 is 22.7 Å². The van der Waals surface area contributed by atoms with Crippen molar-refractivity contribution in [3.05, 3.63) is 35.4 Å². The largest absolute Gasteiger partial charge is 0.411 e.